The third kappa shape index (κ3) is 4.33. The minimum atomic E-state index is -4.61. The highest BCUT2D eigenvalue weighted by Gasteiger charge is 2.36. The van der Waals surface area contributed by atoms with Gasteiger partial charge in [0.2, 0.25) is 11.8 Å². The number of piperazine rings is 1. The molecule has 1 aromatic carbocycles. The van der Waals surface area contributed by atoms with Crippen LogP contribution in [-0.2, 0) is 6.18 Å². The Labute approximate surface area is 213 Å². The van der Waals surface area contributed by atoms with Crippen LogP contribution in [0.2, 0.25) is 0 Å². The van der Waals surface area contributed by atoms with Crippen LogP contribution in [0.4, 0.5) is 19.1 Å². The zero-order valence-electron chi connectivity index (χ0n) is 19.7. The molecule has 0 saturated carbocycles. The van der Waals surface area contributed by atoms with Gasteiger partial charge in [0.15, 0.2) is 0 Å². The quantitative estimate of drug-likeness (QED) is 0.362. The highest BCUT2D eigenvalue weighted by atomic mass is 32.1. The van der Waals surface area contributed by atoms with Crippen LogP contribution in [0.1, 0.15) is 12.5 Å². The number of nitrogens with zero attached hydrogens (tertiary/aromatic N) is 7. The van der Waals surface area contributed by atoms with Gasteiger partial charge in [0.25, 0.3) is 0 Å². The number of pyridine rings is 1. The molecular weight excluding hydrogens is 505 g/mol. The van der Waals surface area contributed by atoms with E-state index in [0.717, 1.165) is 36.2 Å². The lowest BCUT2D eigenvalue weighted by Gasteiger charge is -2.27. The molecule has 5 aromatic rings. The number of benzene rings is 1. The van der Waals surface area contributed by atoms with Crippen molar-refractivity contribution in [2.45, 2.75) is 13.1 Å². The van der Waals surface area contributed by atoms with Gasteiger partial charge < -0.3 is 15.0 Å². The summed E-state index contributed by atoms with van der Waals surface area (Å²) in [7, 11) is 0. The van der Waals surface area contributed by atoms with Crippen molar-refractivity contribution in [2.24, 2.45) is 0 Å². The lowest BCUT2D eigenvalue weighted by Crippen LogP contribution is -2.44. The van der Waals surface area contributed by atoms with Crippen LogP contribution < -0.4 is 15.0 Å². The summed E-state index contributed by atoms with van der Waals surface area (Å²) in [6, 6.07) is 8.10. The van der Waals surface area contributed by atoms with E-state index >= 15 is 0 Å². The first-order valence-electron chi connectivity index (χ1n) is 11.7. The molecule has 1 aliphatic rings. The second-order valence-corrected chi connectivity index (χ2v) is 9.43. The van der Waals surface area contributed by atoms with E-state index in [-0.39, 0.29) is 27.3 Å². The summed E-state index contributed by atoms with van der Waals surface area (Å²) in [5, 5.41) is 10.8. The molecule has 0 bridgehead atoms. The van der Waals surface area contributed by atoms with Crippen molar-refractivity contribution in [3.8, 4) is 22.8 Å². The number of fused-ring (bicyclic) bond motifs is 3. The van der Waals surface area contributed by atoms with Gasteiger partial charge in [-0.3, -0.25) is 4.57 Å². The van der Waals surface area contributed by atoms with Gasteiger partial charge in [-0.1, -0.05) is 12.1 Å². The van der Waals surface area contributed by atoms with Gasteiger partial charge in [0.1, 0.15) is 27.7 Å². The number of thiophene rings is 1. The summed E-state index contributed by atoms with van der Waals surface area (Å²) in [6.45, 7) is 4.92. The SMILES string of the molecule is CCOc1nc(N2CCNCC2)nc2c1sc1nc(-c3ccc(-n4cnnc4)cc3)cc(C(F)(F)F)c12. The van der Waals surface area contributed by atoms with Crippen molar-refractivity contribution in [3.05, 3.63) is 48.5 Å². The summed E-state index contributed by atoms with van der Waals surface area (Å²) < 4.78 is 51.2. The van der Waals surface area contributed by atoms with E-state index in [4.69, 9.17) is 4.74 Å². The molecule has 9 nitrogen and oxygen atoms in total. The maximum Gasteiger partial charge on any atom is 0.417 e. The Balaban J connectivity index is 1.54. The van der Waals surface area contributed by atoms with E-state index in [0.29, 0.717) is 35.9 Å². The van der Waals surface area contributed by atoms with Crippen molar-refractivity contribution in [2.75, 3.05) is 37.7 Å². The molecule has 0 aliphatic carbocycles. The predicted molar refractivity (Wildman–Crippen MR) is 134 cm³/mol. The second-order valence-electron chi connectivity index (χ2n) is 8.43. The van der Waals surface area contributed by atoms with Gasteiger partial charge in [-0.05, 0) is 25.1 Å². The minimum absolute atomic E-state index is 0.0305. The molecule has 1 aliphatic heterocycles. The molecule has 4 aromatic heterocycles. The van der Waals surface area contributed by atoms with Crippen LogP contribution in [0.5, 0.6) is 5.88 Å². The fraction of sp³-hybridized carbons (Fsp3) is 0.292. The first-order valence-corrected chi connectivity index (χ1v) is 12.5. The lowest BCUT2D eigenvalue weighted by molar-refractivity contribution is -0.136. The van der Waals surface area contributed by atoms with Gasteiger partial charge >= 0.3 is 6.18 Å². The number of alkyl halides is 3. The third-order valence-electron chi connectivity index (χ3n) is 6.11. The van der Waals surface area contributed by atoms with Crippen molar-refractivity contribution in [1.29, 1.82) is 0 Å². The molecule has 0 amide bonds. The Morgan fingerprint density at radius 2 is 1.76 bits per heavy atom. The topological polar surface area (TPSA) is 93.9 Å². The molecule has 0 atom stereocenters. The monoisotopic (exact) mass is 526 g/mol. The molecule has 1 N–H and O–H groups in total. The Bertz CT molecular complexity index is 1560. The number of aromatic nitrogens is 6. The molecule has 6 rings (SSSR count). The first-order chi connectivity index (χ1) is 17.9. The molecule has 1 fully saturated rings. The number of nitrogens with one attached hydrogen (secondary N) is 1. The minimum Gasteiger partial charge on any atom is -0.477 e. The van der Waals surface area contributed by atoms with Crippen LogP contribution in [0.3, 0.4) is 0 Å². The van der Waals surface area contributed by atoms with Crippen molar-refractivity contribution in [1.82, 2.24) is 35.0 Å². The standard InChI is InChI=1S/C24H21F3N8OS/c1-2-36-21-20-19(32-23(33-21)34-9-7-28-8-10-34)18-16(24(25,26)27)11-17(31-22(18)37-20)14-3-5-15(6-4-14)35-12-29-30-13-35/h3-6,11-13,28H,2,7-10H2,1H3. The van der Waals surface area contributed by atoms with Crippen LogP contribution >= 0.6 is 11.3 Å². The highest BCUT2D eigenvalue weighted by Crippen LogP contribution is 2.45. The summed E-state index contributed by atoms with van der Waals surface area (Å²) in [4.78, 5) is 16.0. The van der Waals surface area contributed by atoms with Crippen LogP contribution in [0, 0.1) is 0 Å². The van der Waals surface area contributed by atoms with Crippen LogP contribution in [-0.4, -0.2) is 62.5 Å². The molecule has 1 saturated heterocycles. The average molecular weight is 527 g/mol. The Kier molecular flexibility index (Phi) is 5.88. The fourth-order valence-electron chi connectivity index (χ4n) is 4.35. The van der Waals surface area contributed by atoms with Crippen molar-refractivity contribution >= 4 is 37.7 Å². The Hall–Kier alpha value is -3.84. The molecule has 13 heteroatoms. The van der Waals surface area contributed by atoms with E-state index < -0.39 is 11.7 Å². The van der Waals surface area contributed by atoms with E-state index in [9.17, 15) is 13.2 Å². The predicted octanol–water partition coefficient (Wildman–Crippen LogP) is 4.31. The van der Waals surface area contributed by atoms with Gasteiger partial charge in [-0.2, -0.15) is 18.2 Å². The van der Waals surface area contributed by atoms with E-state index in [1.54, 1.807) is 41.5 Å². The largest absolute Gasteiger partial charge is 0.477 e. The highest BCUT2D eigenvalue weighted by molar-refractivity contribution is 7.25. The fourth-order valence-corrected chi connectivity index (χ4v) is 5.43. The smallest absolute Gasteiger partial charge is 0.417 e. The van der Waals surface area contributed by atoms with Crippen molar-refractivity contribution in [3.63, 3.8) is 0 Å². The van der Waals surface area contributed by atoms with E-state index in [2.05, 4.69) is 30.5 Å². The second kappa shape index (κ2) is 9.23. The summed E-state index contributed by atoms with van der Waals surface area (Å²) in [5.41, 5.74) is 0.981. The lowest BCUT2D eigenvalue weighted by atomic mass is 10.1. The number of halogens is 3. The van der Waals surface area contributed by atoms with Gasteiger partial charge in [-0.15, -0.1) is 21.5 Å². The first kappa shape index (κ1) is 23.6. The number of hydrogen-bond donors (Lipinski definition) is 1. The maximum atomic E-state index is 14.4. The van der Waals surface area contributed by atoms with Gasteiger partial charge in [-0.25, -0.2) is 9.97 Å². The number of ether oxygens (including phenoxy) is 1. The van der Waals surface area contributed by atoms with E-state index in [1.165, 1.54) is 0 Å². The maximum absolute atomic E-state index is 14.4. The zero-order valence-corrected chi connectivity index (χ0v) is 20.5. The van der Waals surface area contributed by atoms with Gasteiger partial charge in [0, 0.05) is 37.4 Å². The number of rotatable bonds is 5. The summed E-state index contributed by atoms with van der Waals surface area (Å²) in [5.74, 6) is 0.635. The van der Waals surface area contributed by atoms with Crippen molar-refractivity contribution < 1.29 is 17.9 Å². The summed E-state index contributed by atoms with van der Waals surface area (Å²) >= 11 is 1.11. The Morgan fingerprint density at radius 1 is 1.03 bits per heavy atom. The van der Waals surface area contributed by atoms with Crippen LogP contribution in [0.25, 0.3) is 37.4 Å². The van der Waals surface area contributed by atoms with E-state index in [1.807, 2.05) is 11.8 Å². The molecule has 0 spiro atoms. The third-order valence-corrected chi connectivity index (χ3v) is 7.17. The molecule has 190 valence electrons. The normalized spacial score (nSPS) is 14.5. The Morgan fingerprint density at radius 3 is 2.43 bits per heavy atom. The zero-order chi connectivity index (χ0) is 25.6. The van der Waals surface area contributed by atoms with Crippen LogP contribution in [0.15, 0.2) is 43.0 Å². The molecule has 0 unspecified atom stereocenters. The molecular formula is C24H21F3N8OS. The average Bonchev–Trinajstić information content (AvgIpc) is 3.57. The van der Waals surface area contributed by atoms with Gasteiger partial charge in [0.05, 0.1) is 23.3 Å². The number of hydrogen-bond acceptors (Lipinski definition) is 9. The molecule has 0 radical (unpaired) electrons. The molecule has 5 heterocycles. The number of anilines is 1. The summed E-state index contributed by atoms with van der Waals surface area (Å²) in [6.07, 6.45) is -1.52. The molecule has 37 heavy (non-hydrogen) atoms.